The van der Waals surface area contributed by atoms with E-state index in [4.69, 9.17) is 0 Å². The van der Waals surface area contributed by atoms with Gasteiger partial charge in [-0.05, 0) is 62.1 Å². The van der Waals surface area contributed by atoms with E-state index in [0.29, 0.717) is 30.0 Å². The first-order valence-electron chi connectivity index (χ1n) is 10.9. The largest absolute Gasteiger partial charge is 0.366 e. The predicted octanol–water partition coefficient (Wildman–Crippen LogP) is 4.55. The molecule has 0 saturated heterocycles. The average molecular weight is 426 g/mol. The molecule has 5 heteroatoms. The van der Waals surface area contributed by atoms with Crippen LogP contribution in [0.5, 0.6) is 0 Å². The molecule has 0 N–H and O–H groups in total. The van der Waals surface area contributed by atoms with Gasteiger partial charge < -0.3 is 4.90 Å². The molecule has 1 aliphatic rings. The number of imide groups is 1. The molecule has 3 aromatic rings. The lowest BCUT2D eigenvalue weighted by atomic mass is 10.0. The zero-order valence-electron chi connectivity index (χ0n) is 18.7. The highest BCUT2D eigenvalue weighted by Gasteiger charge is 2.42. The van der Waals surface area contributed by atoms with Crippen LogP contribution in [0.3, 0.4) is 0 Å². The van der Waals surface area contributed by atoms with Crippen LogP contribution < -0.4 is 4.90 Å². The minimum atomic E-state index is -0.273. The van der Waals surface area contributed by atoms with Crippen molar-refractivity contribution in [3.8, 4) is 0 Å². The molecule has 2 amide bonds. The van der Waals surface area contributed by atoms with Crippen LogP contribution in [0.2, 0.25) is 0 Å². The highest BCUT2D eigenvalue weighted by Crippen LogP contribution is 2.36. The van der Waals surface area contributed by atoms with Crippen LogP contribution in [-0.4, -0.2) is 34.8 Å². The van der Waals surface area contributed by atoms with Crippen LogP contribution in [0.15, 0.2) is 78.8 Å². The van der Waals surface area contributed by atoms with Crippen LogP contribution in [0.25, 0.3) is 5.57 Å². The maximum absolute atomic E-state index is 13.7. The number of carbonyl (C=O) groups is 2. The lowest BCUT2D eigenvalue weighted by molar-refractivity contribution is -0.120. The quantitative estimate of drug-likeness (QED) is 0.521. The van der Waals surface area contributed by atoms with E-state index in [1.54, 1.807) is 12.4 Å². The number of aryl methyl sites for hydroxylation is 2. The SMILES string of the molecule is CCN(CCc1ccncc1)C1=C(c2ccccc2)C(=O)N(c2ccc(C)cc2C)C1=O. The minimum absolute atomic E-state index is 0.266. The molecular formula is C27H27N3O2. The molecule has 5 nitrogen and oxygen atoms in total. The van der Waals surface area contributed by atoms with Crippen LogP contribution in [0.4, 0.5) is 5.69 Å². The lowest BCUT2D eigenvalue weighted by Gasteiger charge is -2.25. The molecule has 4 rings (SSSR count). The van der Waals surface area contributed by atoms with Crippen molar-refractivity contribution in [2.24, 2.45) is 0 Å². The maximum atomic E-state index is 13.7. The molecule has 0 fully saturated rings. The summed E-state index contributed by atoms with van der Waals surface area (Å²) in [4.78, 5) is 34.8. The number of anilines is 1. The zero-order valence-corrected chi connectivity index (χ0v) is 18.7. The second kappa shape index (κ2) is 9.18. The Kier molecular flexibility index (Phi) is 6.17. The Labute approximate surface area is 189 Å². The van der Waals surface area contributed by atoms with Crippen molar-refractivity contribution in [1.29, 1.82) is 0 Å². The van der Waals surface area contributed by atoms with Gasteiger partial charge >= 0.3 is 0 Å². The normalized spacial score (nSPS) is 13.8. The van der Waals surface area contributed by atoms with Gasteiger partial charge in [-0.3, -0.25) is 14.6 Å². The second-order valence-corrected chi connectivity index (χ2v) is 8.01. The fourth-order valence-electron chi connectivity index (χ4n) is 4.19. The van der Waals surface area contributed by atoms with Gasteiger partial charge in [-0.15, -0.1) is 0 Å². The Morgan fingerprint density at radius 3 is 2.28 bits per heavy atom. The Morgan fingerprint density at radius 1 is 0.906 bits per heavy atom. The third kappa shape index (κ3) is 4.06. The fourth-order valence-corrected chi connectivity index (χ4v) is 4.19. The number of pyridine rings is 1. The molecule has 1 aliphatic heterocycles. The van der Waals surface area contributed by atoms with Crippen molar-refractivity contribution in [3.63, 3.8) is 0 Å². The smallest absolute Gasteiger partial charge is 0.282 e. The Bertz CT molecular complexity index is 1170. The Hall–Kier alpha value is -3.73. The summed E-state index contributed by atoms with van der Waals surface area (Å²) in [6, 6.07) is 19.2. The molecule has 0 radical (unpaired) electrons. The number of hydrogen-bond donors (Lipinski definition) is 0. The van der Waals surface area contributed by atoms with Crippen molar-refractivity contribution >= 4 is 23.1 Å². The third-order valence-electron chi connectivity index (χ3n) is 5.83. The standard InChI is InChI=1S/C27H27N3O2/c1-4-29(17-14-21-12-15-28-16-13-21)25-24(22-8-6-5-7-9-22)26(31)30(27(25)32)23-11-10-19(2)18-20(23)3/h5-13,15-16,18H,4,14,17H2,1-3H3. The number of likely N-dealkylation sites (N-methyl/N-ethyl adjacent to an activating group) is 1. The van der Waals surface area contributed by atoms with Crippen LogP contribution >= 0.6 is 0 Å². The van der Waals surface area contributed by atoms with Gasteiger partial charge in [0.15, 0.2) is 0 Å². The molecule has 0 atom stereocenters. The molecule has 0 unspecified atom stereocenters. The summed E-state index contributed by atoms with van der Waals surface area (Å²) in [6.45, 7) is 7.20. The topological polar surface area (TPSA) is 53.5 Å². The van der Waals surface area contributed by atoms with Crippen LogP contribution in [0, 0.1) is 13.8 Å². The number of amides is 2. The first-order chi connectivity index (χ1) is 15.5. The van der Waals surface area contributed by atoms with Gasteiger partial charge in [0.2, 0.25) is 0 Å². The number of carbonyl (C=O) groups excluding carboxylic acids is 2. The summed E-state index contributed by atoms with van der Waals surface area (Å²) in [5.41, 5.74) is 5.47. The van der Waals surface area contributed by atoms with Crippen molar-refractivity contribution in [2.45, 2.75) is 27.2 Å². The average Bonchev–Trinajstić information content (AvgIpc) is 3.06. The van der Waals surface area contributed by atoms with Gasteiger partial charge in [0, 0.05) is 25.5 Å². The van der Waals surface area contributed by atoms with E-state index in [1.807, 2.05) is 86.3 Å². The molecule has 1 aromatic heterocycles. The highest BCUT2D eigenvalue weighted by molar-refractivity contribution is 6.45. The molecule has 0 bridgehead atoms. The summed E-state index contributed by atoms with van der Waals surface area (Å²) in [7, 11) is 0. The maximum Gasteiger partial charge on any atom is 0.282 e. The van der Waals surface area contributed by atoms with E-state index in [2.05, 4.69) is 4.98 Å². The van der Waals surface area contributed by atoms with E-state index in [9.17, 15) is 9.59 Å². The van der Waals surface area contributed by atoms with Gasteiger partial charge in [-0.2, -0.15) is 0 Å². The van der Waals surface area contributed by atoms with Crippen LogP contribution in [0.1, 0.15) is 29.2 Å². The Balaban J connectivity index is 1.76. The summed E-state index contributed by atoms with van der Waals surface area (Å²) < 4.78 is 0. The lowest BCUT2D eigenvalue weighted by Crippen LogP contribution is -2.36. The predicted molar refractivity (Wildman–Crippen MR) is 127 cm³/mol. The van der Waals surface area contributed by atoms with Crippen LogP contribution in [-0.2, 0) is 16.0 Å². The van der Waals surface area contributed by atoms with E-state index in [0.717, 1.165) is 28.7 Å². The first-order valence-corrected chi connectivity index (χ1v) is 10.9. The zero-order chi connectivity index (χ0) is 22.7. The van der Waals surface area contributed by atoms with Gasteiger partial charge in [0.25, 0.3) is 11.8 Å². The van der Waals surface area contributed by atoms with Crippen molar-refractivity contribution in [3.05, 3.63) is 101 Å². The molecule has 32 heavy (non-hydrogen) atoms. The molecule has 162 valence electrons. The van der Waals surface area contributed by atoms with E-state index in [-0.39, 0.29) is 11.8 Å². The van der Waals surface area contributed by atoms with Crippen molar-refractivity contribution in [1.82, 2.24) is 9.88 Å². The molecule has 0 spiro atoms. The number of rotatable bonds is 7. The van der Waals surface area contributed by atoms with Gasteiger partial charge in [-0.1, -0.05) is 48.0 Å². The highest BCUT2D eigenvalue weighted by atomic mass is 16.2. The van der Waals surface area contributed by atoms with E-state index < -0.39 is 0 Å². The van der Waals surface area contributed by atoms with Crippen molar-refractivity contribution in [2.75, 3.05) is 18.0 Å². The number of hydrogen-bond acceptors (Lipinski definition) is 4. The van der Waals surface area contributed by atoms with E-state index >= 15 is 0 Å². The number of nitrogens with zero attached hydrogens (tertiary/aromatic N) is 3. The summed E-state index contributed by atoms with van der Waals surface area (Å²) >= 11 is 0. The Morgan fingerprint density at radius 2 is 1.62 bits per heavy atom. The molecule has 0 saturated carbocycles. The first kappa shape index (κ1) is 21.5. The van der Waals surface area contributed by atoms with Gasteiger partial charge in [0.1, 0.15) is 5.70 Å². The van der Waals surface area contributed by atoms with Gasteiger partial charge in [-0.25, -0.2) is 4.90 Å². The summed E-state index contributed by atoms with van der Waals surface area (Å²) in [6.07, 6.45) is 4.30. The number of aromatic nitrogens is 1. The molecule has 2 aromatic carbocycles. The molecular weight excluding hydrogens is 398 g/mol. The summed E-state index contributed by atoms with van der Waals surface area (Å²) in [5, 5.41) is 0. The van der Waals surface area contributed by atoms with E-state index in [1.165, 1.54) is 4.90 Å². The summed E-state index contributed by atoms with van der Waals surface area (Å²) in [5.74, 6) is -0.539. The number of benzene rings is 2. The molecule has 0 aliphatic carbocycles. The second-order valence-electron chi connectivity index (χ2n) is 8.01. The monoisotopic (exact) mass is 425 g/mol. The minimum Gasteiger partial charge on any atom is -0.366 e. The fraction of sp³-hybridized carbons (Fsp3) is 0.222. The van der Waals surface area contributed by atoms with Crippen molar-refractivity contribution < 1.29 is 9.59 Å². The van der Waals surface area contributed by atoms with Gasteiger partial charge in [0.05, 0.1) is 11.3 Å². The third-order valence-corrected chi connectivity index (χ3v) is 5.83. The molecule has 2 heterocycles.